The summed E-state index contributed by atoms with van der Waals surface area (Å²) in [5.74, 6) is -0.953. The number of halogens is 1. The number of hydrogen-bond acceptors (Lipinski definition) is 5. The molecular formula is C22H16FN3O3. The molecule has 1 aliphatic rings. The molecule has 4 rings (SSSR count). The average molecular weight is 389 g/mol. The molecular weight excluding hydrogens is 373 g/mol. The zero-order valence-corrected chi connectivity index (χ0v) is 15.2. The van der Waals surface area contributed by atoms with Gasteiger partial charge in [-0.15, -0.1) is 0 Å². The standard InChI is InChI=1S/C22H16FN3O3/c23-17-7-3-14(4-8-17)21(27)15-5-9-18(10-6-15)25-22(28)20-12-19(26-29-20)16-2-1-11-24-13-16/h1-11,13,20H,12H2,(H,25,28). The van der Waals surface area contributed by atoms with Gasteiger partial charge in [0.05, 0.1) is 5.71 Å². The van der Waals surface area contributed by atoms with E-state index in [1.54, 1.807) is 42.7 Å². The van der Waals surface area contributed by atoms with Gasteiger partial charge in [0, 0.05) is 41.2 Å². The Morgan fingerprint density at radius 2 is 1.69 bits per heavy atom. The Kier molecular flexibility index (Phi) is 5.11. The summed E-state index contributed by atoms with van der Waals surface area (Å²) in [5, 5.41) is 6.73. The summed E-state index contributed by atoms with van der Waals surface area (Å²) in [4.78, 5) is 34.1. The molecule has 144 valence electrons. The van der Waals surface area contributed by atoms with Gasteiger partial charge in [0.2, 0.25) is 6.10 Å². The number of hydrogen-bond donors (Lipinski definition) is 1. The van der Waals surface area contributed by atoms with Crippen LogP contribution < -0.4 is 5.32 Å². The van der Waals surface area contributed by atoms with Gasteiger partial charge in [-0.05, 0) is 60.7 Å². The molecule has 2 aromatic carbocycles. The maximum Gasteiger partial charge on any atom is 0.268 e. The lowest BCUT2D eigenvalue weighted by atomic mass is 10.0. The number of amides is 1. The van der Waals surface area contributed by atoms with Crippen LogP contribution in [0.15, 0.2) is 78.2 Å². The molecule has 0 fully saturated rings. The minimum absolute atomic E-state index is 0.225. The fraction of sp³-hybridized carbons (Fsp3) is 0.0909. The van der Waals surface area contributed by atoms with Crippen molar-refractivity contribution >= 4 is 23.1 Å². The number of carbonyl (C=O) groups is 2. The molecule has 6 nitrogen and oxygen atoms in total. The van der Waals surface area contributed by atoms with E-state index >= 15 is 0 Å². The van der Waals surface area contributed by atoms with Gasteiger partial charge in [0.1, 0.15) is 5.82 Å². The van der Waals surface area contributed by atoms with Crippen molar-refractivity contribution in [3.63, 3.8) is 0 Å². The van der Waals surface area contributed by atoms with Crippen molar-refractivity contribution in [3.05, 3.63) is 95.6 Å². The van der Waals surface area contributed by atoms with E-state index in [1.807, 2.05) is 6.07 Å². The SMILES string of the molecule is O=C(c1ccc(F)cc1)c1ccc(NC(=O)C2CC(c3cccnc3)=NO2)cc1. The number of benzene rings is 2. The number of rotatable bonds is 5. The quantitative estimate of drug-likeness (QED) is 0.677. The summed E-state index contributed by atoms with van der Waals surface area (Å²) in [6, 6.07) is 15.5. The van der Waals surface area contributed by atoms with E-state index in [-0.39, 0.29) is 11.7 Å². The van der Waals surface area contributed by atoms with Crippen LogP contribution in [0.4, 0.5) is 10.1 Å². The third kappa shape index (κ3) is 4.19. The van der Waals surface area contributed by atoms with E-state index in [9.17, 15) is 14.0 Å². The lowest BCUT2D eigenvalue weighted by Crippen LogP contribution is -2.28. The van der Waals surface area contributed by atoms with Gasteiger partial charge in [-0.1, -0.05) is 5.16 Å². The second-order valence-electron chi connectivity index (χ2n) is 6.48. The summed E-state index contributed by atoms with van der Waals surface area (Å²) in [6.45, 7) is 0. The molecule has 1 N–H and O–H groups in total. The number of carbonyl (C=O) groups excluding carboxylic acids is 2. The molecule has 1 atom stereocenters. The third-order valence-electron chi connectivity index (χ3n) is 4.48. The van der Waals surface area contributed by atoms with Gasteiger partial charge in [0.15, 0.2) is 5.78 Å². The van der Waals surface area contributed by atoms with Crippen molar-refractivity contribution in [1.82, 2.24) is 4.98 Å². The highest BCUT2D eigenvalue weighted by atomic mass is 19.1. The Morgan fingerprint density at radius 3 is 2.34 bits per heavy atom. The first-order chi connectivity index (χ1) is 14.1. The molecule has 0 saturated heterocycles. The number of aromatic nitrogens is 1. The molecule has 7 heteroatoms. The molecule has 1 unspecified atom stereocenters. The van der Waals surface area contributed by atoms with Gasteiger partial charge in [0.25, 0.3) is 5.91 Å². The van der Waals surface area contributed by atoms with E-state index in [0.29, 0.717) is 28.9 Å². The molecule has 2 heterocycles. The Hall–Kier alpha value is -3.87. The number of nitrogens with zero attached hydrogens (tertiary/aromatic N) is 2. The van der Waals surface area contributed by atoms with Crippen LogP contribution in [-0.2, 0) is 9.63 Å². The average Bonchev–Trinajstić information content (AvgIpc) is 3.26. The van der Waals surface area contributed by atoms with Crippen LogP contribution in [-0.4, -0.2) is 28.5 Å². The van der Waals surface area contributed by atoms with Crippen LogP contribution in [0.1, 0.15) is 27.9 Å². The first-order valence-corrected chi connectivity index (χ1v) is 8.94. The second kappa shape index (κ2) is 8.02. The molecule has 0 saturated carbocycles. The van der Waals surface area contributed by atoms with Gasteiger partial charge >= 0.3 is 0 Å². The number of anilines is 1. The van der Waals surface area contributed by atoms with E-state index in [2.05, 4.69) is 15.5 Å². The van der Waals surface area contributed by atoms with E-state index in [1.165, 1.54) is 24.3 Å². The van der Waals surface area contributed by atoms with Crippen molar-refractivity contribution in [2.75, 3.05) is 5.32 Å². The Labute approximate surface area is 166 Å². The monoisotopic (exact) mass is 389 g/mol. The Morgan fingerprint density at radius 1 is 1.00 bits per heavy atom. The Balaban J connectivity index is 1.37. The third-order valence-corrected chi connectivity index (χ3v) is 4.48. The molecule has 29 heavy (non-hydrogen) atoms. The van der Waals surface area contributed by atoms with Gasteiger partial charge in [-0.2, -0.15) is 0 Å². The molecule has 0 bridgehead atoms. The largest absolute Gasteiger partial charge is 0.382 e. The van der Waals surface area contributed by atoms with Crippen LogP contribution >= 0.6 is 0 Å². The van der Waals surface area contributed by atoms with Gasteiger partial charge < -0.3 is 10.2 Å². The molecule has 1 amide bonds. The van der Waals surface area contributed by atoms with Gasteiger partial charge in [-0.25, -0.2) is 4.39 Å². The van der Waals surface area contributed by atoms with E-state index < -0.39 is 11.9 Å². The molecule has 0 aliphatic carbocycles. The summed E-state index contributed by atoms with van der Waals surface area (Å²) >= 11 is 0. The van der Waals surface area contributed by atoms with Crippen LogP contribution in [0.2, 0.25) is 0 Å². The first kappa shape index (κ1) is 18.5. The maximum atomic E-state index is 13.0. The molecule has 1 aromatic heterocycles. The van der Waals surface area contributed by atoms with Crippen molar-refractivity contribution in [3.8, 4) is 0 Å². The highest BCUT2D eigenvalue weighted by Gasteiger charge is 2.29. The fourth-order valence-electron chi connectivity index (χ4n) is 2.92. The van der Waals surface area contributed by atoms with Crippen molar-refractivity contribution in [2.45, 2.75) is 12.5 Å². The molecule has 1 aliphatic heterocycles. The van der Waals surface area contributed by atoms with Crippen LogP contribution in [0.25, 0.3) is 0 Å². The Bertz CT molecular complexity index is 1060. The second-order valence-corrected chi connectivity index (χ2v) is 6.48. The minimum Gasteiger partial charge on any atom is -0.382 e. The lowest BCUT2D eigenvalue weighted by Gasteiger charge is -2.10. The van der Waals surface area contributed by atoms with Crippen LogP contribution in [0.5, 0.6) is 0 Å². The van der Waals surface area contributed by atoms with Crippen LogP contribution in [0.3, 0.4) is 0 Å². The van der Waals surface area contributed by atoms with Crippen LogP contribution in [0, 0.1) is 5.82 Å². The number of ketones is 1. The van der Waals surface area contributed by atoms with E-state index in [0.717, 1.165) is 5.56 Å². The summed E-state index contributed by atoms with van der Waals surface area (Å²) in [6.07, 6.45) is 2.94. The predicted octanol–water partition coefficient (Wildman–Crippen LogP) is 3.58. The summed E-state index contributed by atoms with van der Waals surface area (Å²) < 4.78 is 13.0. The normalized spacial score (nSPS) is 15.3. The number of oxime groups is 1. The smallest absolute Gasteiger partial charge is 0.268 e. The summed E-state index contributed by atoms with van der Waals surface area (Å²) in [7, 11) is 0. The minimum atomic E-state index is -0.731. The highest BCUT2D eigenvalue weighted by molar-refractivity contribution is 6.09. The van der Waals surface area contributed by atoms with Gasteiger partial charge in [-0.3, -0.25) is 14.6 Å². The zero-order valence-electron chi connectivity index (χ0n) is 15.2. The highest BCUT2D eigenvalue weighted by Crippen LogP contribution is 2.19. The molecule has 0 radical (unpaired) electrons. The predicted molar refractivity (Wildman–Crippen MR) is 105 cm³/mol. The van der Waals surface area contributed by atoms with Crippen molar-refractivity contribution < 1.29 is 18.8 Å². The summed E-state index contributed by atoms with van der Waals surface area (Å²) in [5.41, 5.74) is 2.84. The molecule has 0 spiro atoms. The van der Waals surface area contributed by atoms with E-state index in [4.69, 9.17) is 4.84 Å². The maximum absolute atomic E-state index is 13.0. The van der Waals surface area contributed by atoms with Crippen molar-refractivity contribution in [2.24, 2.45) is 5.16 Å². The number of pyridine rings is 1. The lowest BCUT2D eigenvalue weighted by molar-refractivity contribution is -0.125. The fourth-order valence-corrected chi connectivity index (χ4v) is 2.92. The van der Waals surface area contributed by atoms with Crippen molar-refractivity contribution in [1.29, 1.82) is 0 Å². The molecule has 3 aromatic rings. The number of nitrogens with one attached hydrogen (secondary N) is 1. The zero-order chi connectivity index (χ0) is 20.2. The topological polar surface area (TPSA) is 80.7 Å². The first-order valence-electron chi connectivity index (χ1n) is 8.94.